The number of hydrogen-bond donors (Lipinski definition) is 2. The van der Waals surface area contributed by atoms with E-state index in [-0.39, 0.29) is 36.2 Å². The molecule has 2 heterocycles. The third-order valence-corrected chi connectivity index (χ3v) is 7.02. The molecule has 2 aliphatic rings. The molecule has 0 spiro atoms. The fraction of sp³-hybridized carbons (Fsp3) is 0.276. The van der Waals surface area contributed by atoms with Gasteiger partial charge in [0, 0.05) is 42.5 Å². The molecule has 40 heavy (non-hydrogen) atoms. The molecular formula is C29H26F3N3O5. The zero-order valence-corrected chi connectivity index (χ0v) is 21.3. The van der Waals surface area contributed by atoms with Crippen LogP contribution in [0.3, 0.4) is 0 Å². The van der Waals surface area contributed by atoms with Crippen LogP contribution in [0, 0.1) is 0 Å². The van der Waals surface area contributed by atoms with Crippen LogP contribution in [-0.4, -0.2) is 54.8 Å². The SMILES string of the molecule is C=C(CN1Cc2c(ccc3ccc(-c4cc(OC(F)(F)F)cc(C(=O)NC5CCOCC5)c4)cc23)C1=O)C(N)=O. The Morgan fingerprint density at radius 3 is 2.50 bits per heavy atom. The highest BCUT2D eigenvalue weighted by Gasteiger charge is 2.32. The van der Waals surface area contributed by atoms with Gasteiger partial charge in [-0.15, -0.1) is 13.2 Å². The summed E-state index contributed by atoms with van der Waals surface area (Å²) in [6.45, 7) is 4.79. The third-order valence-electron chi connectivity index (χ3n) is 7.02. The number of benzene rings is 3. The van der Waals surface area contributed by atoms with Crippen LogP contribution in [0.1, 0.15) is 39.1 Å². The molecule has 3 aromatic carbocycles. The van der Waals surface area contributed by atoms with E-state index in [1.807, 2.05) is 0 Å². The van der Waals surface area contributed by atoms with Gasteiger partial charge < -0.3 is 25.4 Å². The Labute approximate surface area is 227 Å². The van der Waals surface area contributed by atoms with Crippen LogP contribution in [0.2, 0.25) is 0 Å². The van der Waals surface area contributed by atoms with Crippen LogP contribution in [0.25, 0.3) is 21.9 Å². The summed E-state index contributed by atoms with van der Waals surface area (Å²) in [5.74, 6) is -2.02. The Morgan fingerprint density at radius 1 is 1.07 bits per heavy atom. The Balaban J connectivity index is 1.52. The van der Waals surface area contributed by atoms with Gasteiger partial charge in [-0.3, -0.25) is 14.4 Å². The van der Waals surface area contributed by atoms with E-state index in [4.69, 9.17) is 10.5 Å². The normalized spacial score (nSPS) is 15.7. The number of halogens is 3. The van der Waals surface area contributed by atoms with Gasteiger partial charge in [0.1, 0.15) is 5.75 Å². The number of nitrogens with zero attached hydrogens (tertiary/aromatic N) is 1. The summed E-state index contributed by atoms with van der Waals surface area (Å²) < 4.78 is 48.9. The lowest BCUT2D eigenvalue weighted by Gasteiger charge is -2.23. The molecule has 0 unspecified atom stereocenters. The molecule has 0 aliphatic carbocycles. The summed E-state index contributed by atoms with van der Waals surface area (Å²) in [5, 5.41) is 4.39. The van der Waals surface area contributed by atoms with Crippen LogP contribution in [0.5, 0.6) is 5.75 Å². The molecule has 1 fully saturated rings. The second-order valence-electron chi connectivity index (χ2n) is 9.81. The second kappa shape index (κ2) is 10.6. The summed E-state index contributed by atoms with van der Waals surface area (Å²) in [4.78, 5) is 38.9. The Hall–Kier alpha value is -4.38. The number of nitrogens with two attached hydrogens (primary N) is 1. The first-order valence-corrected chi connectivity index (χ1v) is 12.6. The molecule has 1 saturated heterocycles. The minimum atomic E-state index is -4.95. The average molecular weight is 554 g/mol. The molecule has 2 aliphatic heterocycles. The Morgan fingerprint density at radius 2 is 1.80 bits per heavy atom. The number of carbonyl (C=O) groups is 3. The lowest BCUT2D eigenvalue weighted by atomic mass is 9.95. The van der Waals surface area contributed by atoms with Crippen LogP contribution in [-0.2, 0) is 16.1 Å². The van der Waals surface area contributed by atoms with E-state index in [0.29, 0.717) is 53.7 Å². The van der Waals surface area contributed by atoms with Crippen molar-refractivity contribution in [3.8, 4) is 16.9 Å². The zero-order chi connectivity index (χ0) is 28.6. The van der Waals surface area contributed by atoms with Crippen molar-refractivity contribution in [1.82, 2.24) is 10.2 Å². The molecule has 8 nitrogen and oxygen atoms in total. The third kappa shape index (κ3) is 5.79. The lowest BCUT2D eigenvalue weighted by molar-refractivity contribution is -0.274. The van der Waals surface area contributed by atoms with E-state index >= 15 is 0 Å². The van der Waals surface area contributed by atoms with Gasteiger partial charge >= 0.3 is 6.36 Å². The molecule has 0 saturated carbocycles. The number of primary amides is 1. The summed E-state index contributed by atoms with van der Waals surface area (Å²) >= 11 is 0. The average Bonchev–Trinajstić information content (AvgIpc) is 3.23. The van der Waals surface area contributed by atoms with Gasteiger partial charge in [0.25, 0.3) is 11.8 Å². The number of nitrogens with one attached hydrogen (secondary N) is 1. The lowest BCUT2D eigenvalue weighted by Crippen LogP contribution is -2.38. The van der Waals surface area contributed by atoms with E-state index in [9.17, 15) is 27.6 Å². The minimum Gasteiger partial charge on any atom is -0.406 e. The zero-order valence-electron chi connectivity index (χ0n) is 21.3. The number of hydrogen-bond acceptors (Lipinski definition) is 5. The molecule has 208 valence electrons. The van der Waals surface area contributed by atoms with Crippen molar-refractivity contribution in [2.45, 2.75) is 31.8 Å². The number of fused-ring (bicyclic) bond motifs is 3. The van der Waals surface area contributed by atoms with Gasteiger partial charge in [0.2, 0.25) is 5.91 Å². The fourth-order valence-corrected chi connectivity index (χ4v) is 5.00. The molecular weight excluding hydrogens is 527 g/mol. The summed E-state index contributed by atoms with van der Waals surface area (Å²) in [7, 11) is 0. The quantitative estimate of drug-likeness (QED) is 0.424. The number of amides is 3. The van der Waals surface area contributed by atoms with Gasteiger partial charge in [-0.2, -0.15) is 0 Å². The molecule has 0 aromatic heterocycles. The van der Waals surface area contributed by atoms with E-state index in [0.717, 1.165) is 11.5 Å². The highest BCUT2D eigenvalue weighted by Crippen LogP contribution is 2.35. The highest BCUT2D eigenvalue weighted by molar-refractivity contribution is 6.06. The van der Waals surface area contributed by atoms with Crippen molar-refractivity contribution < 1.29 is 37.0 Å². The fourth-order valence-electron chi connectivity index (χ4n) is 5.00. The van der Waals surface area contributed by atoms with Gasteiger partial charge in [-0.1, -0.05) is 24.8 Å². The van der Waals surface area contributed by atoms with Crippen molar-refractivity contribution >= 4 is 28.5 Å². The number of rotatable bonds is 7. The first-order chi connectivity index (χ1) is 19.0. The van der Waals surface area contributed by atoms with Crippen molar-refractivity contribution in [2.24, 2.45) is 5.73 Å². The van der Waals surface area contributed by atoms with Gasteiger partial charge in [0.15, 0.2) is 0 Å². The maximum absolute atomic E-state index is 13.1. The monoisotopic (exact) mass is 553 g/mol. The molecule has 5 rings (SSSR count). The minimum absolute atomic E-state index is 0.0212. The van der Waals surface area contributed by atoms with Crippen molar-refractivity contribution in [2.75, 3.05) is 19.8 Å². The van der Waals surface area contributed by atoms with Gasteiger partial charge in [0.05, 0.1) is 6.54 Å². The van der Waals surface area contributed by atoms with E-state index in [1.54, 1.807) is 30.3 Å². The number of alkyl halides is 3. The Bertz CT molecular complexity index is 1530. The molecule has 0 radical (unpaired) electrons. The molecule has 0 bridgehead atoms. The highest BCUT2D eigenvalue weighted by atomic mass is 19.4. The number of carbonyl (C=O) groups excluding carboxylic acids is 3. The first kappa shape index (κ1) is 27.2. The van der Waals surface area contributed by atoms with Crippen molar-refractivity contribution in [3.05, 3.63) is 77.4 Å². The van der Waals surface area contributed by atoms with E-state index < -0.39 is 23.9 Å². The first-order valence-electron chi connectivity index (χ1n) is 12.6. The molecule has 3 amide bonds. The smallest absolute Gasteiger partial charge is 0.406 e. The maximum atomic E-state index is 13.1. The van der Waals surface area contributed by atoms with Gasteiger partial charge in [-0.25, -0.2) is 0 Å². The standard InChI is InChI=1S/C29H26F3N3O5/c1-16(26(33)36)14-35-15-25-23(28(35)38)5-4-17-2-3-18(13-24(17)25)19-10-20(12-22(11-19)40-29(30,31)32)27(37)34-21-6-8-39-9-7-21/h2-5,10-13,21H,1,6-9,14-15H2,(H2,33,36)(H,34,37). The van der Waals surface area contributed by atoms with Crippen LogP contribution in [0.4, 0.5) is 13.2 Å². The molecule has 0 atom stereocenters. The second-order valence-corrected chi connectivity index (χ2v) is 9.81. The van der Waals surface area contributed by atoms with Crippen molar-refractivity contribution in [3.63, 3.8) is 0 Å². The number of ether oxygens (including phenoxy) is 2. The molecule has 3 N–H and O–H groups in total. The Kier molecular flexibility index (Phi) is 7.24. The summed E-state index contributed by atoms with van der Waals surface area (Å²) in [5.41, 5.74) is 7.43. The molecule has 11 heteroatoms. The van der Waals surface area contributed by atoms with Crippen LogP contribution >= 0.6 is 0 Å². The predicted octanol–water partition coefficient (Wildman–Crippen LogP) is 4.31. The van der Waals surface area contributed by atoms with Gasteiger partial charge in [-0.05, 0) is 70.6 Å². The van der Waals surface area contributed by atoms with E-state index in [1.165, 1.54) is 17.0 Å². The van der Waals surface area contributed by atoms with Crippen LogP contribution in [0.15, 0.2) is 60.7 Å². The van der Waals surface area contributed by atoms with Crippen LogP contribution < -0.4 is 15.8 Å². The maximum Gasteiger partial charge on any atom is 0.573 e. The van der Waals surface area contributed by atoms with Crippen molar-refractivity contribution in [1.29, 1.82) is 0 Å². The predicted molar refractivity (Wildman–Crippen MR) is 140 cm³/mol. The molecule has 3 aromatic rings. The van der Waals surface area contributed by atoms with E-state index in [2.05, 4.69) is 16.6 Å². The topological polar surface area (TPSA) is 111 Å². The summed E-state index contributed by atoms with van der Waals surface area (Å²) in [6.07, 6.45) is -3.73. The largest absolute Gasteiger partial charge is 0.573 e. The summed E-state index contributed by atoms with van der Waals surface area (Å²) in [6, 6.07) is 12.4.